The van der Waals surface area contributed by atoms with Gasteiger partial charge in [-0.15, -0.1) is 0 Å². The molecule has 0 aromatic carbocycles. The number of unbranched alkanes of at least 4 members (excludes halogenated alkanes) is 1. The van der Waals surface area contributed by atoms with E-state index in [9.17, 15) is 19.0 Å². The molecule has 0 spiro atoms. The zero-order valence-corrected chi connectivity index (χ0v) is 18.5. The summed E-state index contributed by atoms with van der Waals surface area (Å²) >= 11 is 3.42. The molecule has 4 rings (SSSR count). The quantitative estimate of drug-likeness (QED) is 0.411. The van der Waals surface area contributed by atoms with E-state index in [0.29, 0.717) is 34.4 Å². The highest BCUT2D eigenvalue weighted by molar-refractivity contribution is 9.10. The Bertz CT molecular complexity index is 946. The largest absolute Gasteiger partial charge is 0.387 e. The van der Waals surface area contributed by atoms with Gasteiger partial charge in [0.2, 0.25) is 0 Å². The number of likely N-dealkylation sites (tertiary alicyclic amines) is 1. The third-order valence-electron chi connectivity index (χ3n) is 5.90. The highest BCUT2D eigenvalue weighted by Crippen LogP contribution is 2.36. The van der Waals surface area contributed by atoms with Gasteiger partial charge in [0.05, 0.1) is 5.39 Å². The molecule has 4 N–H and O–H groups in total. The monoisotopic (exact) mass is 501 g/mol. The van der Waals surface area contributed by atoms with E-state index < -0.39 is 30.5 Å². The van der Waals surface area contributed by atoms with Crippen LogP contribution in [0.15, 0.2) is 29.1 Å². The third-order valence-corrected chi connectivity index (χ3v) is 6.50. The molecule has 4 heterocycles. The first-order valence-electron chi connectivity index (χ1n) is 10.3. The number of aromatic nitrogens is 3. The lowest BCUT2D eigenvalue weighted by atomic mass is 10.1. The van der Waals surface area contributed by atoms with Gasteiger partial charge < -0.3 is 30.2 Å². The van der Waals surface area contributed by atoms with Gasteiger partial charge in [0.15, 0.2) is 6.23 Å². The predicted molar refractivity (Wildman–Crippen MR) is 115 cm³/mol. The fraction of sp³-hybridized carbons (Fsp3) is 0.600. The van der Waals surface area contributed by atoms with E-state index >= 15 is 0 Å². The van der Waals surface area contributed by atoms with Crippen molar-refractivity contribution in [1.82, 2.24) is 19.4 Å². The number of nitrogen functional groups attached to an aromatic ring is 1. The number of fused-ring (bicyclic) bond motifs is 1. The minimum atomic E-state index is -2.53. The van der Waals surface area contributed by atoms with Gasteiger partial charge in [0.25, 0.3) is 5.92 Å². The number of hydrogen-bond donors (Lipinski definition) is 3. The maximum Gasteiger partial charge on any atom is 0.250 e. The predicted octanol–water partition coefficient (Wildman–Crippen LogP) is 2.46. The SMILES string of the molecule is Nc1ncnc2c1c(Br)cn2[C@@H]1O[C@H](/C=C/CCCN2CCC(F)(F)CC2)[C@@H](O)[C@H]1O. The van der Waals surface area contributed by atoms with E-state index in [-0.39, 0.29) is 12.8 Å². The summed E-state index contributed by atoms with van der Waals surface area (Å²) in [5.74, 6) is -2.22. The molecule has 2 aromatic rings. The number of ether oxygens (including phenoxy) is 1. The minimum Gasteiger partial charge on any atom is -0.387 e. The molecule has 0 saturated carbocycles. The molecule has 0 bridgehead atoms. The smallest absolute Gasteiger partial charge is 0.250 e. The number of hydrogen-bond acceptors (Lipinski definition) is 7. The summed E-state index contributed by atoms with van der Waals surface area (Å²) in [6, 6.07) is 0. The molecular weight excluding hydrogens is 476 g/mol. The average Bonchev–Trinajstić information content (AvgIpc) is 3.21. The Hall–Kier alpha value is -1.66. The summed E-state index contributed by atoms with van der Waals surface area (Å²) < 4.78 is 34.6. The summed E-state index contributed by atoms with van der Waals surface area (Å²) in [5, 5.41) is 21.6. The minimum absolute atomic E-state index is 0.0784. The molecule has 170 valence electrons. The van der Waals surface area contributed by atoms with Crippen molar-refractivity contribution in [2.24, 2.45) is 0 Å². The molecule has 0 radical (unpaired) electrons. The van der Waals surface area contributed by atoms with Crippen LogP contribution in [0.3, 0.4) is 0 Å². The van der Waals surface area contributed by atoms with Crippen LogP contribution in [0.2, 0.25) is 0 Å². The number of aliphatic hydroxyl groups excluding tert-OH is 2. The van der Waals surface area contributed by atoms with Crippen LogP contribution in [0.5, 0.6) is 0 Å². The van der Waals surface area contributed by atoms with Gasteiger partial charge in [0.1, 0.15) is 36.1 Å². The van der Waals surface area contributed by atoms with E-state index in [2.05, 4.69) is 30.8 Å². The van der Waals surface area contributed by atoms with Crippen LogP contribution in [-0.4, -0.2) is 73.5 Å². The van der Waals surface area contributed by atoms with Crippen LogP contribution in [-0.2, 0) is 4.74 Å². The maximum atomic E-state index is 13.2. The molecule has 2 aromatic heterocycles. The van der Waals surface area contributed by atoms with Crippen LogP contribution < -0.4 is 5.73 Å². The van der Waals surface area contributed by atoms with E-state index in [4.69, 9.17) is 10.5 Å². The highest BCUT2D eigenvalue weighted by Gasteiger charge is 2.43. The number of halogens is 3. The summed E-state index contributed by atoms with van der Waals surface area (Å²) in [5.41, 5.74) is 6.41. The van der Waals surface area contributed by atoms with E-state index in [0.717, 1.165) is 19.4 Å². The maximum absolute atomic E-state index is 13.2. The van der Waals surface area contributed by atoms with E-state index in [1.54, 1.807) is 16.8 Å². The van der Waals surface area contributed by atoms with Crippen molar-refractivity contribution >= 4 is 32.8 Å². The van der Waals surface area contributed by atoms with Crippen molar-refractivity contribution in [3.8, 4) is 0 Å². The van der Waals surface area contributed by atoms with Gasteiger partial charge in [-0.05, 0) is 35.3 Å². The van der Waals surface area contributed by atoms with Gasteiger partial charge in [-0.2, -0.15) is 0 Å². The van der Waals surface area contributed by atoms with Gasteiger partial charge in [0, 0.05) is 36.6 Å². The number of nitrogens with zero attached hydrogens (tertiary/aromatic N) is 4. The molecular formula is C20H26BrF2N5O3. The molecule has 2 aliphatic heterocycles. The van der Waals surface area contributed by atoms with Crippen molar-refractivity contribution in [2.45, 2.75) is 56.1 Å². The molecule has 8 nitrogen and oxygen atoms in total. The van der Waals surface area contributed by atoms with E-state index in [1.165, 1.54) is 6.33 Å². The lowest BCUT2D eigenvalue weighted by Crippen LogP contribution is -2.39. The zero-order chi connectivity index (χ0) is 22.2. The highest BCUT2D eigenvalue weighted by atomic mass is 79.9. The number of piperidine rings is 1. The summed E-state index contributed by atoms with van der Waals surface area (Å²) in [4.78, 5) is 10.3. The molecule has 0 amide bonds. The Kier molecular flexibility index (Phi) is 6.59. The second-order valence-electron chi connectivity index (χ2n) is 8.08. The van der Waals surface area contributed by atoms with Crippen LogP contribution in [0, 0.1) is 0 Å². The number of anilines is 1. The lowest BCUT2D eigenvalue weighted by Gasteiger charge is -2.31. The van der Waals surface area contributed by atoms with Crippen LogP contribution in [0.4, 0.5) is 14.6 Å². The Balaban J connectivity index is 1.34. The first kappa shape index (κ1) is 22.5. The fourth-order valence-corrected chi connectivity index (χ4v) is 4.70. The van der Waals surface area contributed by atoms with Crippen molar-refractivity contribution in [2.75, 3.05) is 25.4 Å². The molecule has 4 atom stereocenters. The van der Waals surface area contributed by atoms with Crippen LogP contribution in [0.1, 0.15) is 31.9 Å². The second-order valence-corrected chi connectivity index (χ2v) is 8.94. The van der Waals surface area contributed by atoms with Crippen molar-refractivity contribution in [3.05, 3.63) is 29.1 Å². The summed E-state index contributed by atoms with van der Waals surface area (Å²) in [6.07, 6.45) is 4.30. The molecule has 2 aliphatic rings. The second kappa shape index (κ2) is 9.07. The molecule has 0 unspecified atom stereocenters. The van der Waals surface area contributed by atoms with Gasteiger partial charge >= 0.3 is 0 Å². The average molecular weight is 502 g/mol. The Labute approximate surface area is 186 Å². The van der Waals surface area contributed by atoms with Gasteiger partial charge in [-0.1, -0.05) is 12.2 Å². The first-order chi connectivity index (χ1) is 14.8. The van der Waals surface area contributed by atoms with Crippen LogP contribution >= 0.6 is 15.9 Å². The number of aliphatic hydroxyl groups is 2. The topological polar surface area (TPSA) is 110 Å². The fourth-order valence-electron chi connectivity index (χ4n) is 4.10. The Morgan fingerprint density at radius 2 is 2.00 bits per heavy atom. The molecule has 2 saturated heterocycles. The molecule has 11 heteroatoms. The summed E-state index contributed by atoms with van der Waals surface area (Å²) in [7, 11) is 0. The molecule has 0 aliphatic carbocycles. The Morgan fingerprint density at radius 1 is 1.26 bits per heavy atom. The first-order valence-corrected chi connectivity index (χ1v) is 11.1. The number of rotatable bonds is 6. The zero-order valence-electron chi connectivity index (χ0n) is 16.9. The third kappa shape index (κ3) is 4.75. The Morgan fingerprint density at radius 3 is 2.74 bits per heavy atom. The lowest BCUT2D eigenvalue weighted by molar-refractivity contribution is -0.0551. The van der Waals surface area contributed by atoms with Crippen molar-refractivity contribution in [3.63, 3.8) is 0 Å². The van der Waals surface area contributed by atoms with E-state index in [1.807, 2.05) is 6.08 Å². The van der Waals surface area contributed by atoms with Gasteiger partial charge in [-0.25, -0.2) is 18.7 Å². The summed E-state index contributed by atoms with van der Waals surface area (Å²) in [6.45, 7) is 1.59. The molecule has 2 fully saturated rings. The standard InChI is InChI=1S/C20H26BrF2N5O3/c21-12-10-28(18-14(12)17(24)25-11-26-18)19-16(30)15(29)13(31-19)4-2-1-3-7-27-8-5-20(22,23)6-9-27/h2,4,10-11,13,15-16,19,29-30H,1,3,5-9H2,(H2,24,25,26)/b4-2+/t13-,15-,16-,19-/m1/s1. The number of nitrogens with two attached hydrogens (primary N) is 1. The van der Waals surface area contributed by atoms with Crippen molar-refractivity contribution < 1.29 is 23.7 Å². The number of alkyl halides is 2. The normalized spacial score (nSPS) is 29.3. The number of allylic oxidation sites excluding steroid dienone is 1. The van der Waals surface area contributed by atoms with Crippen molar-refractivity contribution in [1.29, 1.82) is 0 Å². The molecule has 31 heavy (non-hydrogen) atoms. The van der Waals surface area contributed by atoms with Crippen LogP contribution in [0.25, 0.3) is 11.0 Å². The van der Waals surface area contributed by atoms with Gasteiger partial charge in [-0.3, -0.25) is 0 Å².